The summed E-state index contributed by atoms with van der Waals surface area (Å²) in [5, 5.41) is 27.5. The molecular formula is C8H15NO6. The summed E-state index contributed by atoms with van der Waals surface area (Å²) in [6, 6.07) is 0. The highest BCUT2D eigenvalue weighted by Crippen LogP contribution is 2.05. The van der Waals surface area contributed by atoms with Gasteiger partial charge in [-0.15, -0.1) is 0 Å². The van der Waals surface area contributed by atoms with Gasteiger partial charge in [0.2, 0.25) is 5.91 Å². The van der Waals surface area contributed by atoms with Crippen LogP contribution in [0.4, 0.5) is 0 Å². The Morgan fingerprint density at radius 3 is 2.20 bits per heavy atom. The Morgan fingerprint density at radius 2 is 1.87 bits per heavy atom. The van der Waals surface area contributed by atoms with Gasteiger partial charge >= 0.3 is 0 Å². The summed E-state index contributed by atoms with van der Waals surface area (Å²) in [4.78, 5) is 25.4. The molecule has 0 aliphatic carbocycles. The Morgan fingerprint density at radius 1 is 1.33 bits per heavy atom. The van der Waals surface area contributed by atoms with E-state index in [0.29, 0.717) is 0 Å². The minimum absolute atomic E-state index is 0.214. The Hall–Kier alpha value is -1.02. The molecule has 0 aliphatic heterocycles. The lowest BCUT2D eigenvalue weighted by molar-refractivity contribution is -0.162. The number of aldehydes is 1. The van der Waals surface area contributed by atoms with Crippen molar-refractivity contribution in [3.05, 3.63) is 0 Å². The first kappa shape index (κ1) is 14.0. The third-order valence-electron chi connectivity index (χ3n) is 1.65. The molecule has 0 bridgehead atoms. The van der Waals surface area contributed by atoms with Crippen molar-refractivity contribution in [3.63, 3.8) is 0 Å². The van der Waals surface area contributed by atoms with Crippen LogP contribution in [0.2, 0.25) is 0 Å². The van der Waals surface area contributed by atoms with E-state index >= 15 is 0 Å². The molecule has 0 spiro atoms. The van der Waals surface area contributed by atoms with Gasteiger partial charge in [-0.2, -0.15) is 0 Å². The summed E-state index contributed by atoms with van der Waals surface area (Å²) in [5.74, 6) is -0.555. The highest BCUT2D eigenvalue weighted by molar-refractivity contribution is 5.71. The van der Waals surface area contributed by atoms with Gasteiger partial charge in [0.05, 0.1) is 6.10 Å². The topological polar surface area (TPSA) is 116 Å². The normalized spacial score (nSPS) is 18.7. The van der Waals surface area contributed by atoms with Crippen LogP contribution in [0.5, 0.6) is 0 Å². The molecule has 0 rings (SSSR count). The van der Waals surface area contributed by atoms with E-state index in [1.165, 1.54) is 6.92 Å². The van der Waals surface area contributed by atoms with Crippen LogP contribution < -0.4 is 5.48 Å². The van der Waals surface area contributed by atoms with Gasteiger partial charge in [0.25, 0.3) is 0 Å². The largest absolute Gasteiger partial charge is 0.391 e. The predicted molar refractivity (Wildman–Crippen MR) is 48.4 cm³/mol. The Balaban J connectivity index is 4.26. The lowest BCUT2D eigenvalue weighted by Gasteiger charge is -2.24. The van der Waals surface area contributed by atoms with Crippen LogP contribution >= 0.6 is 0 Å². The second kappa shape index (κ2) is 6.46. The van der Waals surface area contributed by atoms with E-state index in [-0.39, 0.29) is 6.29 Å². The zero-order chi connectivity index (χ0) is 12.0. The number of hydroxylamine groups is 1. The van der Waals surface area contributed by atoms with Gasteiger partial charge < -0.3 is 20.1 Å². The average molecular weight is 221 g/mol. The monoisotopic (exact) mass is 221 g/mol. The molecule has 0 fully saturated rings. The number of hydrogen-bond donors (Lipinski definition) is 4. The van der Waals surface area contributed by atoms with Crippen molar-refractivity contribution < 1.29 is 29.7 Å². The molecule has 7 nitrogen and oxygen atoms in total. The number of carbonyl (C=O) groups excluding carboxylic acids is 2. The van der Waals surface area contributed by atoms with Crippen LogP contribution in [0.25, 0.3) is 0 Å². The van der Waals surface area contributed by atoms with Crippen molar-refractivity contribution in [2.45, 2.75) is 38.3 Å². The first-order valence-corrected chi connectivity index (χ1v) is 4.31. The minimum Gasteiger partial charge on any atom is -0.391 e. The van der Waals surface area contributed by atoms with Crippen LogP contribution in [-0.4, -0.2) is 51.9 Å². The summed E-state index contributed by atoms with van der Waals surface area (Å²) >= 11 is 0. The first-order valence-electron chi connectivity index (χ1n) is 4.31. The fraction of sp³-hybridized carbons (Fsp3) is 0.750. The molecule has 0 aromatic rings. The molecule has 0 saturated carbocycles. The van der Waals surface area contributed by atoms with Crippen molar-refractivity contribution in [2.24, 2.45) is 0 Å². The molecule has 4 atom stereocenters. The average Bonchev–Trinajstić information content (AvgIpc) is 2.16. The fourth-order valence-corrected chi connectivity index (χ4v) is 0.809. The molecule has 0 aromatic carbocycles. The quantitative estimate of drug-likeness (QED) is 0.297. The van der Waals surface area contributed by atoms with Crippen LogP contribution in [0.1, 0.15) is 13.8 Å². The number of nitrogens with one attached hydrogen (secondary N) is 1. The van der Waals surface area contributed by atoms with Gasteiger partial charge in [-0.25, -0.2) is 5.48 Å². The van der Waals surface area contributed by atoms with Crippen LogP contribution in [0.15, 0.2) is 0 Å². The molecule has 0 saturated heterocycles. The van der Waals surface area contributed by atoms with Crippen molar-refractivity contribution in [2.75, 3.05) is 0 Å². The van der Waals surface area contributed by atoms with Crippen molar-refractivity contribution in [1.29, 1.82) is 0 Å². The van der Waals surface area contributed by atoms with Gasteiger partial charge in [-0.05, 0) is 6.92 Å². The molecule has 1 amide bonds. The summed E-state index contributed by atoms with van der Waals surface area (Å²) in [6.45, 7) is 2.40. The van der Waals surface area contributed by atoms with Crippen molar-refractivity contribution >= 4 is 12.2 Å². The van der Waals surface area contributed by atoms with Crippen LogP contribution in [-0.2, 0) is 14.4 Å². The maximum atomic E-state index is 10.5. The summed E-state index contributed by atoms with van der Waals surface area (Å²) in [5.41, 5.74) is 1.85. The standard InChI is InChI=1S/C8H15NO6/c1-4(11)7(13)8(14)6(3-10)15-9-5(2)12/h3-4,6-8,11,13-14H,1-2H3,(H,9,12)/t4-,6+,7+,8-/m1/s1. The molecule has 0 unspecified atom stereocenters. The minimum atomic E-state index is -1.62. The number of hydrogen-bond acceptors (Lipinski definition) is 6. The molecule has 15 heavy (non-hydrogen) atoms. The number of rotatable bonds is 6. The van der Waals surface area contributed by atoms with E-state index in [2.05, 4.69) is 4.84 Å². The summed E-state index contributed by atoms with van der Waals surface area (Å²) < 4.78 is 0. The molecule has 88 valence electrons. The van der Waals surface area contributed by atoms with E-state index in [0.717, 1.165) is 6.92 Å². The van der Waals surface area contributed by atoms with E-state index in [1.807, 2.05) is 5.48 Å². The van der Waals surface area contributed by atoms with Crippen molar-refractivity contribution in [3.8, 4) is 0 Å². The van der Waals surface area contributed by atoms with E-state index < -0.39 is 30.3 Å². The number of amides is 1. The highest BCUT2D eigenvalue weighted by atomic mass is 16.7. The lowest BCUT2D eigenvalue weighted by atomic mass is 10.1. The van der Waals surface area contributed by atoms with Gasteiger partial charge in [0, 0.05) is 6.92 Å². The maximum absolute atomic E-state index is 10.5. The zero-order valence-electron chi connectivity index (χ0n) is 8.45. The second-order valence-electron chi connectivity index (χ2n) is 3.10. The number of carbonyl (C=O) groups is 2. The molecule has 4 N–H and O–H groups in total. The van der Waals surface area contributed by atoms with Crippen LogP contribution in [0, 0.1) is 0 Å². The molecular weight excluding hydrogens is 206 g/mol. The van der Waals surface area contributed by atoms with E-state index in [9.17, 15) is 19.8 Å². The van der Waals surface area contributed by atoms with Crippen molar-refractivity contribution in [1.82, 2.24) is 5.48 Å². The van der Waals surface area contributed by atoms with Gasteiger partial charge in [-0.1, -0.05) is 0 Å². The second-order valence-corrected chi connectivity index (χ2v) is 3.10. The van der Waals surface area contributed by atoms with Gasteiger partial charge in [0.15, 0.2) is 12.4 Å². The summed E-state index contributed by atoms with van der Waals surface area (Å²) in [6.07, 6.45) is -5.59. The lowest BCUT2D eigenvalue weighted by Crippen LogP contribution is -2.47. The van der Waals surface area contributed by atoms with Crippen LogP contribution in [0.3, 0.4) is 0 Å². The zero-order valence-corrected chi connectivity index (χ0v) is 8.45. The predicted octanol–water partition coefficient (Wildman–Crippen LogP) is -2.28. The number of aliphatic hydroxyl groups is 3. The maximum Gasteiger partial charge on any atom is 0.240 e. The van der Waals surface area contributed by atoms with E-state index in [4.69, 9.17) is 5.11 Å². The molecule has 0 radical (unpaired) electrons. The molecule has 0 aliphatic rings. The third-order valence-corrected chi connectivity index (χ3v) is 1.65. The fourth-order valence-electron chi connectivity index (χ4n) is 0.809. The first-order chi connectivity index (χ1) is 6.90. The van der Waals surface area contributed by atoms with Gasteiger partial charge in [0.1, 0.15) is 12.2 Å². The SMILES string of the molecule is CC(=O)NO[C@@H](C=O)[C@@H](O)[C@@H](O)[C@@H](C)O. The summed E-state index contributed by atoms with van der Waals surface area (Å²) in [7, 11) is 0. The third kappa shape index (κ3) is 4.84. The Bertz CT molecular complexity index is 219. The highest BCUT2D eigenvalue weighted by Gasteiger charge is 2.30. The van der Waals surface area contributed by atoms with Gasteiger partial charge in [-0.3, -0.25) is 9.63 Å². The Kier molecular flexibility index (Phi) is 6.02. The number of aliphatic hydroxyl groups excluding tert-OH is 3. The molecule has 0 heterocycles. The Labute approximate surface area is 86.6 Å². The molecule has 0 aromatic heterocycles. The smallest absolute Gasteiger partial charge is 0.240 e. The molecule has 7 heteroatoms. The van der Waals surface area contributed by atoms with E-state index in [1.54, 1.807) is 0 Å².